The minimum atomic E-state index is 0.0667. The third kappa shape index (κ3) is 3.93. The summed E-state index contributed by atoms with van der Waals surface area (Å²) in [5.41, 5.74) is 2.27. The lowest BCUT2D eigenvalue weighted by Gasteiger charge is -2.07. The van der Waals surface area contributed by atoms with E-state index in [1.165, 1.54) is 5.56 Å². The Balaban J connectivity index is 1.61. The summed E-state index contributed by atoms with van der Waals surface area (Å²) in [6.45, 7) is 1.32. The average molecular weight is 335 g/mol. The Morgan fingerprint density at radius 3 is 2.27 bits per heavy atom. The fraction of sp³-hybridized carbons (Fsp3) is 0.143. The van der Waals surface area contributed by atoms with Crippen LogP contribution in [-0.2, 0) is 13.1 Å². The highest BCUT2D eigenvalue weighted by Gasteiger charge is 2.03. The molecule has 0 spiro atoms. The minimum Gasteiger partial charge on any atom is -0.350 e. The molecular formula is C14H12Cl2N6. The molecule has 2 aromatic heterocycles. The Kier molecular flexibility index (Phi) is 4.50. The fourth-order valence-electron chi connectivity index (χ4n) is 1.93. The molecule has 8 heteroatoms. The molecule has 0 atom stereocenters. The van der Waals surface area contributed by atoms with Crippen molar-refractivity contribution < 1.29 is 0 Å². The van der Waals surface area contributed by atoms with Gasteiger partial charge >= 0.3 is 0 Å². The molecule has 0 radical (unpaired) electrons. The quantitative estimate of drug-likeness (QED) is 0.776. The normalized spacial score (nSPS) is 10.6. The third-order valence-corrected chi connectivity index (χ3v) is 3.30. The lowest BCUT2D eigenvalue weighted by molar-refractivity contribution is 0.686. The van der Waals surface area contributed by atoms with Gasteiger partial charge in [0, 0.05) is 18.9 Å². The number of rotatable bonds is 5. The van der Waals surface area contributed by atoms with Crippen LogP contribution in [0.25, 0.3) is 0 Å². The lowest BCUT2D eigenvalue weighted by Crippen LogP contribution is -2.05. The number of benzene rings is 1. The monoisotopic (exact) mass is 334 g/mol. The molecule has 0 saturated carbocycles. The van der Waals surface area contributed by atoms with Gasteiger partial charge in [-0.05, 0) is 40.4 Å². The lowest BCUT2D eigenvalue weighted by atomic mass is 10.1. The Bertz CT molecular complexity index is 722. The fourth-order valence-corrected chi connectivity index (χ4v) is 2.29. The Morgan fingerprint density at radius 2 is 1.64 bits per heavy atom. The van der Waals surface area contributed by atoms with E-state index in [0.29, 0.717) is 12.5 Å². The minimum absolute atomic E-state index is 0.0667. The highest BCUT2D eigenvalue weighted by Crippen LogP contribution is 2.11. The van der Waals surface area contributed by atoms with Crippen molar-refractivity contribution in [2.75, 3.05) is 5.32 Å². The maximum absolute atomic E-state index is 5.73. The van der Waals surface area contributed by atoms with Crippen molar-refractivity contribution >= 4 is 29.2 Å². The first-order chi connectivity index (χ1) is 10.7. The van der Waals surface area contributed by atoms with E-state index in [-0.39, 0.29) is 10.6 Å². The molecule has 112 valence electrons. The molecule has 0 amide bonds. The maximum Gasteiger partial charge on any atom is 0.228 e. The van der Waals surface area contributed by atoms with Gasteiger partial charge in [0.05, 0.1) is 6.54 Å². The van der Waals surface area contributed by atoms with Gasteiger partial charge in [0.25, 0.3) is 0 Å². The van der Waals surface area contributed by atoms with E-state index in [2.05, 4.69) is 37.5 Å². The van der Waals surface area contributed by atoms with Crippen LogP contribution in [0.4, 0.5) is 5.95 Å². The van der Waals surface area contributed by atoms with Gasteiger partial charge in [0.2, 0.25) is 16.5 Å². The van der Waals surface area contributed by atoms with E-state index in [1.807, 2.05) is 29.1 Å². The van der Waals surface area contributed by atoms with Crippen molar-refractivity contribution in [3.63, 3.8) is 0 Å². The highest BCUT2D eigenvalue weighted by atomic mass is 35.5. The predicted octanol–water partition coefficient (Wildman–Crippen LogP) is 3.04. The largest absolute Gasteiger partial charge is 0.350 e. The maximum atomic E-state index is 5.73. The van der Waals surface area contributed by atoms with E-state index in [4.69, 9.17) is 23.2 Å². The summed E-state index contributed by atoms with van der Waals surface area (Å²) < 4.78 is 1.88. The molecule has 6 nitrogen and oxygen atoms in total. The van der Waals surface area contributed by atoms with Gasteiger partial charge in [-0.15, -0.1) is 0 Å². The smallest absolute Gasteiger partial charge is 0.228 e. The van der Waals surface area contributed by atoms with Crippen LogP contribution in [0.2, 0.25) is 10.6 Å². The molecule has 22 heavy (non-hydrogen) atoms. The first-order valence-corrected chi connectivity index (χ1v) is 7.31. The van der Waals surface area contributed by atoms with Crippen LogP contribution in [0.1, 0.15) is 11.1 Å². The second-order valence-corrected chi connectivity index (χ2v) is 5.25. The summed E-state index contributed by atoms with van der Waals surface area (Å²) in [6, 6.07) is 10.1. The van der Waals surface area contributed by atoms with Gasteiger partial charge in [-0.3, -0.25) is 4.68 Å². The molecule has 2 heterocycles. The topological polar surface area (TPSA) is 68.5 Å². The summed E-state index contributed by atoms with van der Waals surface area (Å²) in [4.78, 5) is 11.6. The van der Waals surface area contributed by atoms with Crippen LogP contribution in [-0.4, -0.2) is 24.7 Å². The van der Waals surface area contributed by atoms with Crippen molar-refractivity contribution in [3.05, 3.63) is 64.4 Å². The van der Waals surface area contributed by atoms with Crippen molar-refractivity contribution in [2.24, 2.45) is 0 Å². The average Bonchev–Trinajstić information content (AvgIpc) is 2.98. The first-order valence-electron chi connectivity index (χ1n) is 6.55. The van der Waals surface area contributed by atoms with Gasteiger partial charge in [-0.1, -0.05) is 24.3 Å². The summed E-state index contributed by atoms with van der Waals surface area (Å²) >= 11 is 11.5. The van der Waals surface area contributed by atoms with Gasteiger partial charge in [-0.2, -0.15) is 20.1 Å². The summed E-state index contributed by atoms with van der Waals surface area (Å²) in [6.07, 6.45) is 3.70. The molecule has 0 saturated heterocycles. The number of nitrogens with one attached hydrogen (secondary N) is 1. The predicted molar refractivity (Wildman–Crippen MR) is 84.9 cm³/mol. The van der Waals surface area contributed by atoms with Gasteiger partial charge in [0.15, 0.2) is 0 Å². The SMILES string of the molecule is Clc1nc(Cl)nc(NCc2ccc(Cn3cccn3)cc2)n1. The zero-order valence-electron chi connectivity index (χ0n) is 11.4. The molecule has 3 rings (SSSR count). The zero-order chi connectivity index (χ0) is 15.4. The van der Waals surface area contributed by atoms with Crippen LogP contribution >= 0.6 is 23.2 Å². The molecule has 1 aromatic carbocycles. The number of halogens is 2. The summed E-state index contributed by atoms with van der Waals surface area (Å²) in [5.74, 6) is 0.352. The van der Waals surface area contributed by atoms with Crippen LogP contribution in [0.3, 0.4) is 0 Å². The number of nitrogens with zero attached hydrogens (tertiary/aromatic N) is 5. The standard InChI is InChI=1S/C14H12Cl2N6/c15-12-19-13(16)21-14(20-12)17-8-10-2-4-11(5-3-10)9-22-7-1-6-18-22/h1-7H,8-9H2,(H,17,19,20,21). The van der Waals surface area contributed by atoms with Crippen molar-refractivity contribution in [1.82, 2.24) is 24.7 Å². The molecule has 3 aromatic rings. The molecule has 0 fully saturated rings. The van der Waals surface area contributed by atoms with Crippen molar-refractivity contribution in [3.8, 4) is 0 Å². The molecule has 1 N–H and O–H groups in total. The zero-order valence-corrected chi connectivity index (χ0v) is 13.0. The van der Waals surface area contributed by atoms with Crippen LogP contribution < -0.4 is 5.32 Å². The Labute approximate surface area is 137 Å². The molecule has 0 unspecified atom stereocenters. The van der Waals surface area contributed by atoms with E-state index >= 15 is 0 Å². The molecule has 0 aliphatic rings. The van der Waals surface area contributed by atoms with Gasteiger partial charge in [-0.25, -0.2) is 0 Å². The van der Waals surface area contributed by atoms with Crippen LogP contribution in [0.15, 0.2) is 42.7 Å². The molecule has 0 bridgehead atoms. The van der Waals surface area contributed by atoms with Gasteiger partial charge in [0.1, 0.15) is 0 Å². The first kappa shape index (κ1) is 14.7. The molecule has 0 aliphatic carbocycles. The van der Waals surface area contributed by atoms with Crippen LogP contribution in [0, 0.1) is 0 Å². The van der Waals surface area contributed by atoms with E-state index in [0.717, 1.165) is 12.1 Å². The van der Waals surface area contributed by atoms with Crippen LogP contribution in [0.5, 0.6) is 0 Å². The molecular weight excluding hydrogens is 323 g/mol. The second kappa shape index (κ2) is 6.72. The third-order valence-electron chi connectivity index (χ3n) is 2.96. The highest BCUT2D eigenvalue weighted by molar-refractivity contribution is 6.31. The van der Waals surface area contributed by atoms with E-state index in [9.17, 15) is 0 Å². The number of anilines is 1. The van der Waals surface area contributed by atoms with Gasteiger partial charge < -0.3 is 5.32 Å². The number of aromatic nitrogens is 5. The molecule has 0 aliphatic heterocycles. The van der Waals surface area contributed by atoms with Crippen molar-refractivity contribution in [1.29, 1.82) is 0 Å². The summed E-state index contributed by atoms with van der Waals surface area (Å²) in [5, 5.41) is 7.38. The van der Waals surface area contributed by atoms with Crippen molar-refractivity contribution in [2.45, 2.75) is 13.1 Å². The Morgan fingerprint density at radius 1 is 0.955 bits per heavy atom. The second-order valence-electron chi connectivity index (χ2n) is 4.57. The summed E-state index contributed by atoms with van der Waals surface area (Å²) in [7, 11) is 0. The van der Waals surface area contributed by atoms with E-state index < -0.39 is 0 Å². The number of hydrogen-bond acceptors (Lipinski definition) is 5. The van der Waals surface area contributed by atoms with E-state index in [1.54, 1.807) is 6.20 Å². The number of hydrogen-bond donors (Lipinski definition) is 1. The Hall–Kier alpha value is -2.18.